The summed E-state index contributed by atoms with van der Waals surface area (Å²) in [6, 6.07) is 8.73. The molecule has 2 aliphatic rings. The Balaban J connectivity index is 1.61. The molecule has 2 heterocycles. The van der Waals surface area contributed by atoms with E-state index in [0.717, 1.165) is 28.7 Å². The summed E-state index contributed by atoms with van der Waals surface area (Å²) < 4.78 is 55.7. The molecule has 4 rings (SSSR count). The Hall–Kier alpha value is -2.36. The molecule has 2 aromatic carbocycles. The fourth-order valence-corrected chi connectivity index (χ4v) is 5.44. The highest BCUT2D eigenvalue weighted by Gasteiger charge is 2.62. The van der Waals surface area contributed by atoms with Crippen molar-refractivity contribution in [2.75, 3.05) is 19.6 Å². The van der Waals surface area contributed by atoms with Gasteiger partial charge >= 0.3 is 6.18 Å². The first-order valence-electron chi connectivity index (χ1n) is 10.9. The third kappa shape index (κ3) is 4.61. The van der Waals surface area contributed by atoms with E-state index in [9.17, 15) is 32.3 Å². The Kier molecular flexibility index (Phi) is 6.81. The largest absolute Gasteiger partial charge is 0.430 e. The van der Waals surface area contributed by atoms with Crippen molar-refractivity contribution in [3.63, 3.8) is 0 Å². The van der Waals surface area contributed by atoms with Gasteiger partial charge in [0.25, 0.3) is 11.5 Å². The Labute approximate surface area is 209 Å². The summed E-state index contributed by atoms with van der Waals surface area (Å²) in [6.45, 7) is 0.112. The van der Waals surface area contributed by atoms with Crippen LogP contribution in [0.5, 0.6) is 0 Å². The molecule has 11 heteroatoms. The summed E-state index contributed by atoms with van der Waals surface area (Å²) in [7, 11) is 0. The lowest BCUT2D eigenvalue weighted by molar-refractivity contribution is -0.262. The first kappa shape index (κ1) is 25.7. The van der Waals surface area contributed by atoms with Gasteiger partial charge in [-0.1, -0.05) is 41.4 Å². The van der Waals surface area contributed by atoms with Crippen molar-refractivity contribution in [1.82, 2.24) is 10.2 Å². The molecule has 0 saturated carbocycles. The summed E-state index contributed by atoms with van der Waals surface area (Å²) in [4.78, 5) is 26.4. The van der Waals surface area contributed by atoms with Gasteiger partial charge in [-0.15, -0.1) is 0 Å². The van der Waals surface area contributed by atoms with Crippen LogP contribution in [-0.4, -0.2) is 47.6 Å². The third-order valence-corrected chi connectivity index (χ3v) is 7.87. The lowest BCUT2D eigenvalue weighted by Gasteiger charge is -2.50. The van der Waals surface area contributed by atoms with E-state index in [1.807, 2.05) is 0 Å². The average Bonchev–Trinajstić information content (AvgIpc) is 2.80. The van der Waals surface area contributed by atoms with E-state index < -0.39 is 34.5 Å². The first-order chi connectivity index (χ1) is 16.4. The number of likely N-dealkylation sites (tertiary alicyclic amines) is 1. The number of hydrogen-bond donors (Lipinski definition) is 2. The number of alkyl halides is 3. The number of amides is 2. The van der Waals surface area contributed by atoms with Gasteiger partial charge in [0.15, 0.2) is 0 Å². The molecule has 2 amide bonds. The molecule has 0 unspecified atom stereocenters. The Morgan fingerprint density at radius 3 is 2.26 bits per heavy atom. The molecular formula is C24H22Cl2F4N2O3. The van der Waals surface area contributed by atoms with Gasteiger partial charge in [-0.05, 0) is 48.1 Å². The Morgan fingerprint density at radius 1 is 1.06 bits per heavy atom. The lowest BCUT2D eigenvalue weighted by atomic mass is 9.62. The molecule has 2 fully saturated rings. The maximum absolute atomic E-state index is 14.1. The topological polar surface area (TPSA) is 69.6 Å². The predicted octanol–water partition coefficient (Wildman–Crippen LogP) is 4.79. The highest BCUT2D eigenvalue weighted by atomic mass is 35.5. The third-order valence-electron chi connectivity index (χ3n) is 7.13. The molecule has 188 valence electrons. The molecule has 5 nitrogen and oxygen atoms in total. The van der Waals surface area contributed by atoms with Crippen molar-refractivity contribution in [2.24, 2.45) is 5.41 Å². The monoisotopic (exact) mass is 532 g/mol. The van der Waals surface area contributed by atoms with Crippen LogP contribution < -0.4 is 5.32 Å². The zero-order valence-corrected chi connectivity index (χ0v) is 19.9. The number of hydrogen-bond acceptors (Lipinski definition) is 3. The highest BCUT2D eigenvalue weighted by Crippen LogP contribution is 2.50. The summed E-state index contributed by atoms with van der Waals surface area (Å²) in [6.07, 6.45) is -4.71. The number of nitrogens with one attached hydrogen (secondary N) is 1. The number of rotatable bonds is 3. The van der Waals surface area contributed by atoms with Crippen LogP contribution in [0, 0.1) is 11.2 Å². The normalized spacial score (nSPS) is 22.0. The number of carbonyl (C=O) groups excluding carboxylic acids is 2. The van der Waals surface area contributed by atoms with Gasteiger partial charge in [-0.2, -0.15) is 13.2 Å². The second-order valence-corrected chi connectivity index (χ2v) is 9.89. The van der Waals surface area contributed by atoms with Gasteiger partial charge in [0.2, 0.25) is 5.91 Å². The molecule has 0 aliphatic carbocycles. The molecule has 2 atom stereocenters. The van der Waals surface area contributed by atoms with Crippen molar-refractivity contribution in [1.29, 1.82) is 0 Å². The van der Waals surface area contributed by atoms with Crippen molar-refractivity contribution < 1.29 is 32.3 Å². The van der Waals surface area contributed by atoms with Gasteiger partial charge < -0.3 is 15.3 Å². The van der Waals surface area contributed by atoms with E-state index in [1.165, 1.54) is 12.1 Å². The molecule has 0 aromatic heterocycles. The molecular weight excluding hydrogens is 511 g/mol. The van der Waals surface area contributed by atoms with Crippen LogP contribution in [0.4, 0.5) is 17.6 Å². The summed E-state index contributed by atoms with van der Waals surface area (Å²) in [5.74, 6) is -2.31. The van der Waals surface area contributed by atoms with Crippen molar-refractivity contribution in [2.45, 2.75) is 37.0 Å². The van der Waals surface area contributed by atoms with E-state index >= 15 is 0 Å². The molecule has 0 radical (unpaired) electrons. The lowest BCUT2D eigenvalue weighted by Crippen LogP contribution is -2.59. The molecule has 2 saturated heterocycles. The van der Waals surface area contributed by atoms with Gasteiger partial charge in [-0.3, -0.25) is 9.59 Å². The van der Waals surface area contributed by atoms with Gasteiger partial charge in [0.1, 0.15) is 5.82 Å². The van der Waals surface area contributed by atoms with Crippen LogP contribution in [0.25, 0.3) is 0 Å². The van der Waals surface area contributed by atoms with E-state index in [0.29, 0.717) is 6.54 Å². The van der Waals surface area contributed by atoms with Crippen LogP contribution in [-0.2, 0) is 15.2 Å². The zero-order chi connectivity index (χ0) is 25.6. The van der Waals surface area contributed by atoms with Crippen LogP contribution in [0.2, 0.25) is 10.0 Å². The number of piperidine rings is 2. The number of carbonyl (C=O) groups is 2. The van der Waals surface area contributed by atoms with Crippen LogP contribution in [0.1, 0.15) is 36.3 Å². The SMILES string of the molecule is O=C1CC2(CCN(C(=O)[C@@](O)(c3ccc(Cl)c(Cl)c3)C(F)(F)F)CC2)[C@H](c2ccc(F)cc2)CN1. The standard InChI is InChI=1S/C24H22Cl2F4N2O3/c25-18-6-3-15(11-19(18)26)23(35,24(28,29)30)21(34)32-9-7-22(8-10-32)12-20(33)31-13-17(22)14-1-4-16(27)5-2-14/h1-6,11,17,35H,7-10,12-13H2,(H,31,33)/t17-,23-/m0/s1. The number of nitrogens with zero attached hydrogens (tertiary/aromatic N) is 1. The average molecular weight is 533 g/mol. The van der Waals surface area contributed by atoms with Gasteiger partial charge in [0.05, 0.1) is 10.0 Å². The second kappa shape index (κ2) is 9.26. The molecule has 2 aliphatic heterocycles. The van der Waals surface area contributed by atoms with Crippen molar-refractivity contribution >= 4 is 35.0 Å². The summed E-state index contributed by atoms with van der Waals surface area (Å²) >= 11 is 11.7. The Bertz CT molecular complexity index is 1130. The minimum Gasteiger partial charge on any atom is -0.368 e. The molecule has 0 bridgehead atoms. The predicted molar refractivity (Wildman–Crippen MR) is 121 cm³/mol. The number of aliphatic hydroxyl groups is 1. The van der Waals surface area contributed by atoms with Gasteiger partial charge in [-0.25, -0.2) is 4.39 Å². The fraction of sp³-hybridized carbons (Fsp3) is 0.417. The number of halogens is 6. The minimum absolute atomic E-state index is 0.0188. The molecule has 2 aromatic rings. The minimum atomic E-state index is -5.32. The van der Waals surface area contributed by atoms with Crippen molar-refractivity contribution in [3.8, 4) is 0 Å². The quantitative estimate of drug-likeness (QED) is 0.558. The Morgan fingerprint density at radius 2 is 1.69 bits per heavy atom. The summed E-state index contributed by atoms with van der Waals surface area (Å²) in [5, 5.41) is 13.3. The van der Waals surface area contributed by atoms with Crippen LogP contribution in [0.15, 0.2) is 42.5 Å². The van der Waals surface area contributed by atoms with Crippen molar-refractivity contribution in [3.05, 3.63) is 69.5 Å². The second-order valence-electron chi connectivity index (χ2n) is 9.08. The van der Waals surface area contributed by atoms with E-state index in [4.69, 9.17) is 23.2 Å². The highest BCUT2D eigenvalue weighted by molar-refractivity contribution is 6.42. The van der Waals surface area contributed by atoms with E-state index in [2.05, 4.69) is 5.32 Å². The van der Waals surface area contributed by atoms with Gasteiger partial charge in [0, 0.05) is 37.5 Å². The van der Waals surface area contributed by atoms with E-state index in [1.54, 1.807) is 12.1 Å². The molecule has 35 heavy (non-hydrogen) atoms. The zero-order valence-electron chi connectivity index (χ0n) is 18.3. The fourth-order valence-electron chi connectivity index (χ4n) is 5.14. The maximum Gasteiger partial charge on any atom is 0.430 e. The van der Waals surface area contributed by atoms with Crippen LogP contribution >= 0.6 is 23.2 Å². The first-order valence-corrected chi connectivity index (χ1v) is 11.7. The smallest absolute Gasteiger partial charge is 0.368 e. The molecule has 2 N–H and O–H groups in total. The molecule has 1 spiro atoms. The van der Waals surface area contributed by atoms with E-state index in [-0.39, 0.29) is 54.2 Å². The number of benzene rings is 2. The maximum atomic E-state index is 14.1. The van der Waals surface area contributed by atoms with Crippen LogP contribution in [0.3, 0.4) is 0 Å². The summed E-state index contributed by atoms with van der Waals surface area (Å²) in [5.41, 5.74) is -4.36.